The highest BCUT2D eigenvalue weighted by Crippen LogP contribution is 2.03. The first-order valence-electron chi connectivity index (χ1n) is 4.85. The van der Waals surface area contributed by atoms with E-state index < -0.39 is 0 Å². The van der Waals surface area contributed by atoms with Crippen molar-refractivity contribution in [1.82, 2.24) is 0 Å². The first-order valence-corrected chi connectivity index (χ1v) is 4.85. The van der Waals surface area contributed by atoms with Gasteiger partial charge in [0.15, 0.2) is 18.5 Å². The lowest BCUT2D eigenvalue weighted by Crippen LogP contribution is -3.00. The maximum Gasteiger partial charge on any atom is 0.211 e. The van der Waals surface area contributed by atoms with E-state index in [9.17, 15) is 0 Å². The molecule has 0 atom stereocenters. The van der Waals surface area contributed by atoms with E-state index in [0.717, 1.165) is 23.3 Å². The molecule has 3 nitrogen and oxygen atoms in total. The summed E-state index contributed by atoms with van der Waals surface area (Å²) in [6.07, 6.45) is 4.09. The molecule has 1 aromatic heterocycles. The van der Waals surface area contributed by atoms with Gasteiger partial charge in [-0.25, -0.2) is 0 Å². The van der Waals surface area contributed by atoms with Gasteiger partial charge in [-0.1, -0.05) is 0 Å². The zero-order valence-electron chi connectivity index (χ0n) is 10.3. The van der Waals surface area contributed by atoms with Crippen molar-refractivity contribution in [2.45, 2.75) is 6.54 Å². The first-order chi connectivity index (χ1) is 6.51. The predicted octanol–water partition coefficient (Wildman–Crippen LogP) is -5.30. The third-order valence-corrected chi connectivity index (χ3v) is 2.10. The van der Waals surface area contributed by atoms with Crippen LogP contribution in [0.4, 0.5) is 0 Å². The predicted molar refractivity (Wildman–Crippen MR) is 56.1 cm³/mol. The van der Waals surface area contributed by atoms with E-state index in [1.54, 1.807) is 7.11 Å². The van der Waals surface area contributed by atoms with Crippen molar-refractivity contribution in [1.29, 1.82) is 0 Å². The molecule has 0 saturated carbocycles. The second-order valence-electron chi connectivity index (χ2n) is 4.50. The molecule has 0 aromatic carbocycles. The van der Waals surface area contributed by atoms with Crippen LogP contribution in [0.2, 0.25) is 0 Å². The summed E-state index contributed by atoms with van der Waals surface area (Å²) < 4.78 is 8.29. The minimum atomic E-state index is 0. The molecule has 16 heavy (non-hydrogen) atoms. The highest BCUT2D eigenvalue weighted by atomic mass is 127. The van der Waals surface area contributed by atoms with Gasteiger partial charge in [-0.15, -0.1) is 0 Å². The van der Waals surface area contributed by atoms with Crippen molar-refractivity contribution < 1.29 is 61.7 Å². The van der Waals surface area contributed by atoms with Crippen LogP contribution < -0.4 is 57.3 Å². The second kappa shape index (κ2) is 8.46. The number of hydrogen-bond donors (Lipinski definition) is 0. The van der Waals surface area contributed by atoms with Gasteiger partial charge in [0, 0.05) is 6.07 Å². The second-order valence-corrected chi connectivity index (χ2v) is 4.50. The van der Waals surface area contributed by atoms with Crippen LogP contribution in [0.1, 0.15) is 0 Å². The minimum Gasteiger partial charge on any atom is -1.00 e. The van der Waals surface area contributed by atoms with Crippen LogP contribution in [0.15, 0.2) is 24.5 Å². The van der Waals surface area contributed by atoms with E-state index in [1.165, 1.54) is 0 Å². The van der Waals surface area contributed by atoms with E-state index in [1.807, 2.05) is 18.3 Å². The van der Waals surface area contributed by atoms with E-state index >= 15 is 0 Å². The number of methoxy groups -OCH3 is 1. The van der Waals surface area contributed by atoms with Gasteiger partial charge in [-0.2, -0.15) is 4.57 Å². The fraction of sp³-hybridized carbons (Fsp3) is 0.545. The molecule has 1 rings (SSSR count). The van der Waals surface area contributed by atoms with Crippen LogP contribution >= 0.6 is 0 Å². The van der Waals surface area contributed by atoms with Gasteiger partial charge in [-0.05, 0) is 6.07 Å². The number of hydrogen-bond acceptors (Lipinski definition) is 1. The number of quaternary nitrogens is 1. The third kappa shape index (κ3) is 7.61. The number of nitrogens with zero attached hydrogens (tertiary/aromatic N) is 2. The fourth-order valence-electron chi connectivity index (χ4n) is 1.17. The molecule has 0 unspecified atom stereocenters. The SMILES string of the molecule is COc1ccc[n+](CC[N+](C)(C)C)c1.[I-].[I-]. The lowest BCUT2D eigenvalue weighted by Gasteiger charge is -2.21. The first kappa shape index (κ1) is 18.7. The van der Waals surface area contributed by atoms with Crippen molar-refractivity contribution in [2.75, 3.05) is 34.8 Å². The van der Waals surface area contributed by atoms with E-state index in [2.05, 4.69) is 31.9 Å². The van der Waals surface area contributed by atoms with Crippen LogP contribution in [0.5, 0.6) is 5.75 Å². The average molecular weight is 450 g/mol. The zero-order chi connectivity index (χ0) is 10.6. The van der Waals surface area contributed by atoms with Crippen LogP contribution in [0.3, 0.4) is 0 Å². The molecule has 5 heteroatoms. The normalized spacial score (nSPS) is 10.0. The number of aromatic nitrogens is 1. The molecule has 0 aliphatic carbocycles. The Bertz CT molecular complexity index is 300. The monoisotopic (exact) mass is 450 g/mol. The number of pyridine rings is 1. The number of halogens is 2. The van der Waals surface area contributed by atoms with E-state index in [4.69, 9.17) is 4.74 Å². The Labute approximate surface area is 132 Å². The molecule has 0 spiro atoms. The highest BCUT2D eigenvalue weighted by Gasteiger charge is 2.11. The number of rotatable bonds is 4. The van der Waals surface area contributed by atoms with Gasteiger partial charge in [0.2, 0.25) is 6.20 Å². The summed E-state index contributed by atoms with van der Waals surface area (Å²) in [6.45, 7) is 2.12. The molecule has 0 fully saturated rings. The standard InChI is InChI=1S/C11H20N2O.2HI/c1-13(2,3)9-8-12-7-5-6-11(10-12)14-4;;/h5-7,10H,8-9H2,1-4H3;2*1H/q+2;;/p-2. The Morgan fingerprint density at radius 3 is 2.38 bits per heavy atom. The van der Waals surface area contributed by atoms with Crippen LogP contribution in [-0.4, -0.2) is 39.3 Å². The van der Waals surface area contributed by atoms with Crippen LogP contribution in [0, 0.1) is 0 Å². The topological polar surface area (TPSA) is 13.1 Å². The quantitative estimate of drug-likeness (QED) is 0.254. The lowest BCUT2D eigenvalue weighted by atomic mass is 10.4. The molecule has 0 N–H and O–H groups in total. The molecule has 1 aromatic rings. The molecule has 0 amide bonds. The van der Waals surface area contributed by atoms with Crippen LogP contribution in [0.25, 0.3) is 0 Å². The van der Waals surface area contributed by atoms with Crippen LogP contribution in [-0.2, 0) is 6.54 Å². The Hall–Kier alpha value is 0.370. The van der Waals surface area contributed by atoms with Crippen molar-refractivity contribution in [3.05, 3.63) is 24.5 Å². The Morgan fingerprint density at radius 1 is 1.25 bits per heavy atom. The largest absolute Gasteiger partial charge is 1.00 e. The zero-order valence-corrected chi connectivity index (χ0v) is 14.6. The molecule has 94 valence electrons. The molecule has 0 radical (unpaired) electrons. The number of ether oxygens (including phenoxy) is 1. The summed E-state index contributed by atoms with van der Waals surface area (Å²) in [5, 5.41) is 0. The highest BCUT2D eigenvalue weighted by molar-refractivity contribution is 5.11. The Balaban J connectivity index is 0. The van der Waals surface area contributed by atoms with E-state index in [0.29, 0.717) is 0 Å². The summed E-state index contributed by atoms with van der Waals surface area (Å²) in [7, 11) is 8.28. The summed E-state index contributed by atoms with van der Waals surface area (Å²) in [5.74, 6) is 0.911. The van der Waals surface area contributed by atoms with E-state index in [-0.39, 0.29) is 48.0 Å². The fourth-order valence-corrected chi connectivity index (χ4v) is 1.17. The molecule has 0 bridgehead atoms. The summed E-state index contributed by atoms with van der Waals surface area (Å²) in [5.41, 5.74) is 0. The average Bonchev–Trinajstić information content (AvgIpc) is 2.14. The summed E-state index contributed by atoms with van der Waals surface area (Å²) in [4.78, 5) is 0. The molecule has 1 heterocycles. The van der Waals surface area contributed by atoms with Gasteiger partial charge in [0.05, 0.1) is 28.3 Å². The Kier molecular flexibility index (Phi) is 9.90. The molecular weight excluding hydrogens is 430 g/mol. The van der Waals surface area contributed by atoms with Gasteiger partial charge in [0.1, 0.15) is 6.54 Å². The maximum atomic E-state index is 5.16. The van der Waals surface area contributed by atoms with Crippen molar-refractivity contribution >= 4 is 0 Å². The van der Waals surface area contributed by atoms with Crippen molar-refractivity contribution in [3.8, 4) is 5.75 Å². The minimum absolute atomic E-state index is 0. The van der Waals surface area contributed by atoms with Gasteiger partial charge in [0.25, 0.3) is 0 Å². The Morgan fingerprint density at radius 2 is 1.88 bits per heavy atom. The molecule has 0 aliphatic heterocycles. The maximum absolute atomic E-state index is 5.16. The van der Waals surface area contributed by atoms with Gasteiger partial charge >= 0.3 is 0 Å². The number of likely N-dealkylation sites (N-methyl/N-ethyl adjacent to an activating group) is 1. The van der Waals surface area contributed by atoms with Crippen molar-refractivity contribution in [3.63, 3.8) is 0 Å². The summed E-state index contributed by atoms with van der Waals surface area (Å²) >= 11 is 0. The molecule has 0 aliphatic rings. The molecule has 0 saturated heterocycles. The lowest BCUT2D eigenvalue weighted by molar-refractivity contribution is -0.892. The van der Waals surface area contributed by atoms with Crippen molar-refractivity contribution in [2.24, 2.45) is 0 Å². The van der Waals surface area contributed by atoms with Gasteiger partial charge in [-0.3, -0.25) is 0 Å². The third-order valence-electron chi connectivity index (χ3n) is 2.10. The smallest absolute Gasteiger partial charge is 0.211 e. The molecular formula is C11H20I2N2O. The van der Waals surface area contributed by atoms with Gasteiger partial charge < -0.3 is 57.2 Å². The summed E-state index contributed by atoms with van der Waals surface area (Å²) in [6, 6.07) is 3.97.